The molecule has 1 unspecified atom stereocenters. The topological polar surface area (TPSA) is 74.6 Å². The zero-order chi connectivity index (χ0) is 17.8. The predicted molar refractivity (Wildman–Crippen MR) is 95.7 cm³/mol. The van der Waals surface area contributed by atoms with Crippen LogP contribution in [0, 0.1) is 11.8 Å². The van der Waals surface area contributed by atoms with Crippen molar-refractivity contribution in [3.05, 3.63) is 36.5 Å². The number of carbonyl (C=O) groups excluding carboxylic acids is 1. The molecule has 24 heavy (non-hydrogen) atoms. The normalized spacial score (nSPS) is 22.0. The first-order valence-electron chi connectivity index (χ1n) is 8.98. The van der Waals surface area contributed by atoms with Gasteiger partial charge in [-0.2, -0.15) is 0 Å². The summed E-state index contributed by atoms with van der Waals surface area (Å²) in [5, 5.41) is 18.4. The summed E-state index contributed by atoms with van der Waals surface area (Å²) in [5.74, 6) is -0.597. The first-order chi connectivity index (χ1) is 11.5. The summed E-state index contributed by atoms with van der Waals surface area (Å²) in [7, 11) is 0. The molecule has 1 aliphatic carbocycles. The van der Waals surface area contributed by atoms with Crippen LogP contribution in [0.2, 0.25) is 0 Å². The lowest BCUT2D eigenvalue weighted by Crippen LogP contribution is -2.13. The second-order valence-electron chi connectivity index (χ2n) is 6.40. The number of aliphatic hydroxyl groups excluding tert-OH is 1. The Morgan fingerprint density at radius 2 is 2.08 bits per heavy atom. The van der Waals surface area contributed by atoms with Crippen molar-refractivity contribution in [1.82, 2.24) is 0 Å². The minimum absolute atomic E-state index is 0.0650. The molecular formula is C20H30O4. The molecule has 134 valence electrons. The molecule has 0 radical (unpaired) electrons. The van der Waals surface area contributed by atoms with Crippen LogP contribution in [-0.4, -0.2) is 28.1 Å². The summed E-state index contributed by atoms with van der Waals surface area (Å²) in [6, 6.07) is 0. The molecule has 2 N–H and O–H groups in total. The quantitative estimate of drug-likeness (QED) is 0.417. The number of carboxylic acid groups (broad SMARTS) is 1. The Bertz CT molecular complexity index is 476. The van der Waals surface area contributed by atoms with Crippen molar-refractivity contribution in [3.63, 3.8) is 0 Å². The Balaban J connectivity index is 2.35. The van der Waals surface area contributed by atoms with Crippen LogP contribution in [0.1, 0.15) is 58.3 Å². The molecule has 3 atom stereocenters. The fourth-order valence-electron chi connectivity index (χ4n) is 2.81. The zero-order valence-electron chi connectivity index (χ0n) is 14.6. The van der Waals surface area contributed by atoms with Gasteiger partial charge in [-0.1, -0.05) is 50.1 Å². The van der Waals surface area contributed by atoms with E-state index < -0.39 is 5.97 Å². The molecule has 0 spiro atoms. The Labute approximate surface area is 145 Å². The minimum atomic E-state index is -0.773. The summed E-state index contributed by atoms with van der Waals surface area (Å²) in [6.07, 6.45) is 17.0. The lowest BCUT2D eigenvalue weighted by Gasteiger charge is -2.13. The molecule has 4 nitrogen and oxygen atoms in total. The van der Waals surface area contributed by atoms with Gasteiger partial charge in [0, 0.05) is 18.3 Å². The van der Waals surface area contributed by atoms with Crippen LogP contribution in [0.4, 0.5) is 0 Å². The van der Waals surface area contributed by atoms with Gasteiger partial charge in [0.1, 0.15) is 0 Å². The standard InChI is InChI=1S/C20H30O4/c1-2-3-10-17(21)11-8-9-16-14-15-19(22)18(16)12-6-4-5-7-13-20(23)24/h4,6,8-9,14-18,21H,2-3,5,7,10-13H2,1H3,(H,23,24)/b6-4-,9-8?/t16-,17?,18+/m0/s1. The maximum absolute atomic E-state index is 12.0. The first kappa shape index (κ1) is 20.4. The van der Waals surface area contributed by atoms with Crippen LogP contribution in [0.25, 0.3) is 0 Å². The van der Waals surface area contributed by atoms with E-state index in [2.05, 4.69) is 6.92 Å². The maximum atomic E-state index is 12.0. The molecule has 0 saturated heterocycles. The molecule has 0 amide bonds. The van der Waals surface area contributed by atoms with Crippen molar-refractivity contribution in [1.29, 1.82) is 0 Å². The van der Waals surface area contributed by atoms with Gasteiger partial charge in [0.05, 0.1) is 6.10 Å². The van der Waals surface area contributed by atoms with Crippen LogP contribution in [0.3, 0.4) is 0 Å². The number of allylic oxidation sites excluding steroid dienone is 5. The molecular weight excluding hydrogens is 304 g/mol. The second kappa shape index (κ2) is 11.8. The summed E-state index contributed by atoms with van der Waals surface area (Å²) in [6.45, 7) is 2.11. The van der Waals surface area contributed by atoms with Gasteiger partial charge in [0.2, 0.25) is 0 Å². The van der Waals surface area contributed by atoms with Gasteiger partial charge in [-0.3, -0.25) is 9.59 Å². The molecule has 0 aromatic rings. The van der Waals surface area contributed by atoms with Crippen molar-refractivity contribution < 1.29 is 19.8 Å². The lowest BCUT2D eigenvalue weighted by molar-refractivity contribution is -0.137. The van der Waals surface area contributed by atoms with E-state index in [1.54, 1.807) is 6.08 Å². The molecule has 1 rings (SSSR count). The molecule has 0 aromatic carbocycles. The Morgan fingerprint density at radius 1 is 1.29 bits per heavy atom. The predicted octanol–water partition coefficient (Wildman–Crippen LogP) is 4.06. The molecule has 1 aliphatic rings. The highest BCUT2D eigenvalue weighted by Gasteiger charge is 2.26. The fraction of sp³-hybridized carbons (Fsp3) is 0.600. The van der Waals surface area contributed by atoms with Gasteiger partial charge in [0.25, 0.3) is 0 Å². The SMILES string of the molecule is CCCCC(O)CC=C[C@H]1C=CC(=O)[C@@H]1C/C=C\CCCC(=O)O. The number of aliphatic carboxylic acids is 1. The molecule has 0 bridgehead atoms. The van der Waals surface area contributed by atoms with Gasteiger partial charge in [0.15, 0.2) is 5.78 Å². The van der Waals surface area contributed by atoms with E-state index in [-0.39, 0.29) is 30.1 Å². The summed E-state index contributed by atoms with van der Waals surface area (Å²) >= 11 is 0. The largest absolute Gasteiger partial charge is 0.481 e. The Hall–Kier alpha value is -1.68. The first-order valence-corrected chi connectivity index (χ1v) is 8.98. The van der Waals surface area contributed by atoms with Crippen molar-refractivity contribution in [3.8, 4) is 0 Å². The van der Waals surface area contributed by atoms with E-state index >= 15 is 0 Å². The second-order valence-corrected chi connectivity index (χ2v) is 6.40. The lowest BCUT2D eigenvalue weighted by atomic mass is 9.90. The highest BCUT2D eigenvalue weighted by atomic mass is 16.4. The van der Waals surface area contributed by atoms with Gasteiger partial charge in [-0.15, -0.1) is 0 Å². The monoisotopic (exact) mass is 334 g/mol. The van der Waals surface area contributed by atoms with Crippen LogP contribution in [-0.2, 0) is 9.59 Å². The average Bonchev–Trinajstić information content (AvgIpc) is 2.89. The Morgan fingerprint density at radius 3 is 2.79 bits per heavy atom. The molecule has 0 aliphatic heterocycles. The highest BCUT2D eigenvalue weighted by Crippen LogP contribution is 2.27. The third-order valence-corrected chi connectivity index (χ3v) is 4.29. The van der Waals surface area contributed by atoms with Crippen molar-refractivity contribution in [2.75, 3.05) is 0 Å². The third-order valence-electron chi connectivity index (χ3n) is 4.29. The molecule has 4 heteroatoms. The highest BCUT2D eigenvalue weighted by molar-refractivity contribution is 5.95. The number of hydrogen-bond donors (Lipinski definition) is 2. The van der Waals surface area contributed by atoms with E-state index in [9.17, 15) is 14.7 Å². The fourth-order valence-corrected chi connectivity index (χ4v) is 2.81. The number of ketones is 1. The number of carboxylic acids is 1. The number of rotatable bonds is 12. The van der Waals surface area contributed by atoms with E-state index in [0.717, 1.165) is 25.7 Å². The van der Waals surface area contributed by atoms with E-state index in [4.69, 9.17) is 5.11 Å². The van der Waals surface area contributed by atoms with Gasteiger partial charge >= 0.3 is 5.97 Å². The van der Waals surface area contributed by atoms with Crippen LogP contribution >= 0.6 is 0 Å². The third kappa shape index (κ3) is 8.25. The average molecular weight is 334 g/mol. The van der Waals surface area contributed by atoms with Crippen LogP contribution < -0.4 is 0 Å². The Kier molecular flexibility index (Phi) is 10.0. The summed E-state index contributed by atoms with van der Waals surface area (Å²) in [4.78, 5) is 22.4. The van der Waals surface area contributed by atoms with Crippen LogP contribution in [0.5, 0.6) is 0 Å². The van der Waals surface area contributed by atoms with Gasteiger partial charge in [-0.05, 0) is 38.2 Å². The van der Waals surface area contributed by atoms with Crippen molar-refractivity contribution in [2.24, 2.45) is 11.8 Å². The number of aliphatic hydroxyl groups is 1. The van der Waals surface area contributed by atoms with E-state index in [0.29, 0.717) is 19.3 Å². The summed E-state index contributed by atoms with van der Waals surface area (Å²) < 4.78 is 0. The molecule has 0 aromatic heterocycles. The van der Waals surface area contributed by atoms with Crippen molar-refractivity contribution in [2.45, 2.75) is 64.4 Å². The zero-order valence-corrected chi connectivity index (χ0v) is 14.6. The number of hydrogen-bond acceptors (Lipinski definition) is 3. The molecule has 0 heterocycles. The minimum Gasteiger partial charge on any atom is -0.481 e. The maximum Gasteiger partial charge on any atom is 0.303 e. The molecule has 0 saturated carbocycles. The summed E-state index contributed by atoms with van der Waals surface area (Å²) in [5.41, 5.74) is 0. The molecule has 0 fully saturated rings. The van der Waals surface area contributed by atoms with E-state index in [1.807, 2.05) is 30.4 Å². The smallest absolute Gasteiger partial charge is 0.303 e. The van der Waals surface area contributed by atoms with Gasteiger partial charge in [-0.25, -0.2) is 0 Å². The number of unbranched alkanes of at least 4 members (excludes halogenated alkanes) is 2. The van der Waals surface area contributed by atoms with Crippen LogP contribution in [0.15, 0.2) is 36.5 Å². The van der Waals surface area contributed by atoms with Gasteiger partial charge < -0.3 is 10.2 Å². The van der Waals surface area contributed by atoms with Crippen molar-refractivity contribution >= 4 is 11.8 Å². The number of carbonyl (C=O) groups is 2. The van der Waals surface area contributed by atoms with E-state index in [1.165, 1.54) is 0 Å².